The molecular weight excluding hydrogens is 521 g/mol. The number of carboxylic acid groups (broad SMARTS) is 1. The molecule has 1 amide bonds. The zero-order chi connectivity index (χ0) is 25.4. The number of hydrogen-bond acceptors (Lipinski definition) is 5. The minimum atomic E-state index is -1.07. The van der Waals surface area contributed by atoms with Gasteiger partial charge in [0.25, 0.3) is 5.56 Å². The lowest BCUT2D eigenvalue weighted by molar-refractivity contribution is -0.141. The minimum absolute atomic E-state index is 0.208. The molecule has 2 aromatic carbocycles. The topological polar surface area (TPSA) is 103 Å². The number of nitrogens with zero attached hydrogens (tertiary/aromatic N) is 2. The first-order chi connectivity index (χ1) is 17.3. The number of hydrazone groups is 1. The van der Waals surface area contributed by atoms with Gasteiger partial charge in [0.1, 0.15) is 0 Å². The van der Waals surface area contributed by atoms with Crippen molar-refractivity contribution in [3.63, 3.8) is 0 Å². The number of amides is 1. The molecule has 1 aliphatic heterocycles. The van der Waals surface area contributed by atoms with Crippen LogP contribution in [0.25, 0.3) is 22.0 Å². The summed E-state index contributed by atoms with van der Waals surface area (Å²) in [7, 11) is 0. The van der Waals surface area contributed by atoms with Crippen molar-refractivity contribution in [2.45, 2.75) is 25.3 Å². The van der Waals surface area contributed by atoms with Crippen molar-refractivity contribution in [3.05, 3.63) is 90.8 Å². The van der Waals surface area contributed by atoms with E-state index in [0.29, 0.717) is 32.4 Å². The predicted molar refractivity (Wildman–Crippen MR) is 142 cm³/mol. The van der Waals surface area contributed by atoms with Crippen LogP contribution in [0.3, 0.4) is 0 Å². The number of fused-ring (bicyclic) bond motifs is 1. The molecular formula is C26H19Cl2N3O4S. The van der Waals surface area contributed by atoms with Gasteiger partial charge in [-0.05, 0) is 35.4 Å². The lowest BCUT2D eigenvalue weighted by Crippen LogP contribution is -2.27. The van der Waals surface area contributed by atoms with Crippen LogP contribution in [0.1, 0.15) is 36.4 Å². The van der Waals surface area contributed by atoms with Crippen molar-refractivity contribution < 1.29 is 14.7 Å². The smallest absolute Gasteiger partial charge is 0.303 e. The van der Waals surface area contributed by atoms with E-state index in [2.05, 4.69) is 10.1 Å². The summed E-state index contributed by atoms with van der Waals surface area (Å²) in [5.74, 6) is -1.51. The molecule has 0 saturated heterocycles. The van der Waals surface area contributed by atoms with Crippen LogP contribution in [0.2, 0.25) is 10.0 Å². The Morgan fingerprint density at radius 1 is 1.00 bits per heavy atom. The molecule has 10 heteroatoms. The quantitative estimate of drug-likeness (QED) is 0.308. The van der Waals surface area contributed by atoms with Crippen molar-refractivity contribution in [1.29, 1.82) is 0 Å². The Morgan fingerprint density at radius 2 is 1.67 bits per heavy atom. The highest BCUT2D eigenvalue weighted by Crippen LogP contribution is 2.38. The van der Waals surface area contributed by atoms with E-state index >= 15 is 0 Å². The first-order valence-electron chi connectivity index (χ1n) is 11.1. The molecule has 7 nitrogen and oxygen atoms in total. The molecule has 0 aliphatic carbocycles. The molecule has 3 heterocycles. The number of thiophene rings is 1. The summed E-state index contributed by atoms with van der Waals surface area (Å²) in [4.78, 5) is 40.5. The molecule has 36 heavy (non-hydrogen) atoms. The summed E-state index contributed by atoms with van der Waals surface area (Å²) in [6, 6.07) is 13.7. The number of rotatable bonds is 6. The number of aliphatic carboxylic acids is 1. The molecule has 182 valence electrons. The third-order valence-corrected chi connectivity index (χ3v) is 7.30. The third kappa shape index (κ3) is 4.67. The van der Waals surface area contributed by atoms with E-state index in [0.717, 1.165) is 16.5 Å². The van der Waals surface area contributed by atoms with Crippen molar-refractivity contribution in [2.24, 2.45) is 5.10 Å². The Labute approximate surface area is 219 Å². The van der Waals surface area contributed by atoms with Crippen LogP contribution in [0.15, 0.2) is 69.2 Å². The molecule has 0 radical (unpaired) electrons. The molecule has 2 N–H and O–H groups in total. The van der Waals surface area contributed by atoms with E-state index < -0.39 is 17.9 Å². The van der Waals surface area contributed by atoms with Gasteiger partial charge in [-0.15, -0.1) is 11.3 Å². The summed E-state index contributed by atoms with van der Waals surface area (Å²) in [5, 5.41) is 20.8. The Hall–Kier alpha value is -3.46. The first-order valence-corrected chi connectivity index (χ1v) is 12.8. The lowest BCUT2D eigenvalue weighted by Gasteiger charge is -2.22. The van der Waals surface area contributed by atoms with Crippen LogP contribution in [-0.4, -0.2) is 32.7 Å². The van der Waals surface area contributed by atoms with E-state index in [1.807, 2.05) is 22.9 Å². The number of H-pyrrole nitrogens is 1. The van der Waals surface area contributed by atoms with Crippen LogP contribution < -0.4 is 5.56 Å². The average molecular weight is 540 g/mol. The standard InChI is InChI=1S/C26H19Cl2N3O4S/c27-16-5-1-14(2-6-16)21-11-19(30-31(21)22(32)9-10-23(33)34)25-24(15-3-7-17(28)8-4-15)18-12-36-13-20(18)29-26(25)35/h1-8,12-13,21H,9-11H2,(H,29,35)(H,33,34)/t21-/m0/s1. The molecule has 1 aliphatic rings. The van der Waals surface area contributed by atoms with E-state index in [1.54, 1.807) is 36.4 Å². The fraction of sp³-hybridized carbons (Fsp3) is 0.154. The maximum Gasteiger partial charge on any atom is 0.303 e. The number of aromatic amines is 1. The average Bonchev–Trinajstić information content (AvgIpc) is 3.50. The van der Waals surface area contributed by atoms with Gasteiger partial charge in [-0.1, -0.05) is 47.5 Å². The van der Waals surface area contributed by atoms with Crippen molar-refractivity contribution in [1.82, 2.24) is 9.99 Å². The number of nitrogens with one attached hydrogen (secondary N) is 1. The molecule has 1 atom stereocenters. The first kappa shape index (κ1) is 24.2. The minimum Gasteiger partial charge on any atom is -0.481 e. The SMILES string of the molecule is O=C(O)CCC(=O)N1N=C(c2c(-c3ccc(Cl)cc3)c3cscc3[nH]c2=O)C[C@H]1c1ccc(Cl)cc1. The number of carboxylic acids is 1. The second kappa shape index (κ2) is 9.89. The Morgan fingerprint density at radius 3 is 2.33 bits per heavy atom. The van der Waals surface area contributed by atoms with Gasteiger partial charge in [0.2, 0.25) is 5.91 Å². The molecule has 0 fully saturated rings. The Bertz CT molecular complexity index is 1560. The van der Waals surface area contributed by atoms with Gasteiger partial charge in [0, 0.05) is 44.6 Å². The fourth-order valence-corrected chi connectivity index (χ4v) is 5.40. The summed E-state index contributed by atoms with van der Waals surface area (Å²) >= 11 is 13.6. The zero-order valence-corrected chi connectivity index (χ0v) is 21.0. The van der Waals surface area contributed by atoms with Gasteiger partial charge in [-0.2, -0.15) is 5.10 Å². The van der Waals surface area contributed by atoms with Crippen molar-refractivity contribution >= 4 is 63.0 Å². The normalized spacial score (nSPS) is 15.3. The molecule has 0 saturated carbocycles. The highest BCUT2D eigenvalue weighted by atomic mass is 35.5. The number of benzene rings is 2. The van der Waals surface area contributed by atoms with Gasteiger partial charge in [0.05, 0.1) is 29.3 Å². The summed E-state index contributed by atoms with van der Waals surface area (Å²) in [6.07, 6.45) is -0.245. The van der Waals surface area contributed by atoms with Gasteiger partial charge >= 0.3 is 5.97 Å². The van der Waals surface area contributed by atoms with Gasteiger partial charge in [-0.3, -0.25) is 14.4 Å². The second-order valence-corrected chi connectivity index (χ2v) is 9.98. The Balaban J connectivity index is 1.66. The van der Waals surface area contributed by atoms with E-state index in [1.165, 1.54) is 16.3 Å². The third-order valence-electron chi connectivity index (χ3n) is 6.05. The number of aromatic nitrogens is 1. The van der Waals surface area contributed by atoms with Crippen LogP contribution in [0.4, 0.5) is 0 Å². The van der Waals surface area contributed by atoms with Crippen LogP contribution in [-0.2, 0) is 9.59 Å². The van der Waals surface area contributed by atoms with E-state index in [-0.39, 0.29) is 24.8 Å². The highest BCUT2D eigenvalue weighted by molar-refractivity contribution is 7.09. The largest absolute Gasteiger partial charge is 0.481 e. The summed E-state index contributed by atoms with van der Waals surface area (Å²) in [5.41, 5.74) is 3.49. The number of pyridine rings is 1. The van der Waals surface area contributed by atoms with Gasteiger partial charge in [-0.25, -0.2) is 5.01 Å². The number of hydrogen-bond donors (Lipinski definition) is 2. The van der Waals surface area contributed by atoms with Gasteiger partial charge in [0.15, 0.2) is 0 Å². The number of carbonyl (C=O) groups excluding carboxylic acids is 1. The molecule has 0 spiro atoms. The zero-order valence-electron chi connectivity index (χ0n) is 18.7. The predicted octanol–water partition coefficient (Wildman–Crippen LogP) is 6.11. The van der Waals surface area contributed by atoms with Crippen molar-refractivity contribution in [3.8, 4) is 11.1 Å². The van der Waals surface area contributed by atoms with E-state index in [9.17, 15) is 14.4 Å². The number of carbonyl (C=O) groups is 2. The Kier molecular flexibility index (Phi) is 6.66. The number of halogens is 2. The van der Waals surface area contributed by atoms with Gasteiger partial charge < -0.3 is 10.1 Å². The highest BCUT2D eigenvalue weighted by Gasteiger charge is 2.35. The maximum atomic E-state index is 13.4. The van der Waals surface area contributed by atoms with Crippen molar-refractivity contribution in [2.75, 3.05) is 0 Å². The molecule has 4 aromatic rings. The maximum absolute atomic E-state index is 13.4. The fourth-order valence-electron chi connectivity index (χ4n) is 4.38. The second-order valence-electron chi connectivity index (χ2n) is 8.36. The lowest BCUT2D eigenvalue weighted by atomic mass is 9.92. The van der Waals surface area contributed by atoms with E-state index in [4.69, 9.17) is 28.3 Å². The molecule has 0 unspecified atom stereocenters. The molecule has 0 bridgehead atoms. The molecule has 5 rings (SSSR count). The molecule has 2 aromatic heterocycles. The summed E-state index contributed by atoms with van der Waals surface area (Å²) in [6.45, 7) is 0. The van der Waals surface area contributed by atoms with Crippen LogP contribution in [0, 0.1) is 0 Å². The van der Waals surface area contributed by atoms with Crippen LogP contribution >= 0.6 is 34.5 Å². The van der Waals surface area contributed by atoms with Crippen LogP contribution in [0.5, 0.6) is 0 Å². The monoisotopic (exact) mass is 539 g/mol. The summed E-state index contributed by atoms with van der Waals surface area (Å²) < 4.78 is 0.